The van der Waals surface area contributed by atoms with Crippen LogP contribution in [0.4, 0.5) is 0 Å². The second kappa shape index (κ2) is 10.9. The number of hydrogen-bond donors (Lipinski definition) is 1. The van der Waals surface area contributed by atoms with Gasteiger partial charge in [0.2, 0.25) is 0 Å². The summed E-state index contributed by atoms with van der Waals surface area (Å²) in [4.78, 5) is 25.9. The van der Waals surface area contributed by atoms with Crippen molar-refractivity contribution in [1.29, 1.82) is 0 Å². The molecule has 0 saturated carbocycles. The molecule has 158 valence electrons. The second-order valence-corrected chi connectivity index (χ2v) is 8.12. The fourth-order valence-electron chi connectivity index (χ4n) is 4.40. The number of carboxylic acid groups (broad SMARTS) is 1. The van der Waals surface area contributed by atoms with Crippen molar-refractivity contribution in [3.05, 3.63) is 65.2 Å². The number of aromatic carboxylic acids is 1. The number of carbonyl (C=O) groups is 2. The standard InChI is InChI=1S/C24H28N2O4.Li/c27-23(26-14-2-4-21(26)15-20-3-1-13-25-20)18-9-11-22(12-10-18)30-16-17-5-7-19(8-6-17)24(28)29;/h5-12,20-21,25H,1-4,13-16H2,(H,28,29);/q;+1/p-1/t20?,21-;/m0./s1. The summed E-state index contributed by atoms with van der Waals surface area (Å²) in [7, 11) is 0. The molecule has 2 aromatic rings. The number of nitrogens with one attached hydrogen (secondary N) is 1. The van der Waals surface area contributed by atoms with E-state index in [1.165, 1.54) is 25.0 Å². The third-order valence-electron chi connectivity index (χ3n) is 6.05. The third kappa shape index (κ3) is 5.91. The molecule has 4 rings (SSSR count). The van der Waals surface area contributed by atoms with Gasteiger partial charge in [-0.15, -0.1) is 0 Å². The van der Waals surface area contributed by atoms with Gasteiger partial charge < -0.3 is 24.9 Å². The molecular formula is C24H27LiN2O4. The Labute approximate surface area is 195 Å². The molecule has 6 nitrogen and oxygen atoms in total. The summed E-state index contributed by atoms with van der Waals surface area (Å²) in [5, 5.41) is 14.3. The van der Waals surface area contributed by atoms with Crippen LogP contribution in [0.1, 0.15) is 58.4 Å². The molecule has 0 bridgehead atoms. The van der Waals surface area contributed by atoms with Crippen LogP contribution in [0.15, 0.2) is 48.5 Å². The van der Waals surface area contributed by atoms with Crippen molar-refractivity contribution in [2.75, 3.05) is 13.1 Å². The summed E-state index contributed by atoms with van der Waals surface area (Å²) in [6.07, 6.45) is 5.64. The van der Waals surface area contributed by atoms with E-state index in [1.807, 2.05) is 29.2 Å². The van der Waals surface area contributed by atoms with Gasteiger partial charge in [0.15, 0.2) is 0 Å². The maximum Gasteiger partial charge on any atom is 1.00 e. The maximum atomic E-state index is 13.0. The van der Waals surface area contributed by atoms with E-state index in [0.29, 0.717) is 30.0 Å². The monoisotopic (exact) mass is 414 g/mol. The molecule has 31 heavy (non-hydrogen) atoms. The number of hydrogen-bond acceptors (Lipinski definition) is 5. The van der Waals surface area contributed by atoms with Crippen LogP contribution in [-0.4, -0.2) is 41.9 Å². The first kappa shape index (κ1) is 23.4. The number of likely N-dealkylation sites (tertiary alicyclic amines) is 1. The molecule has 0 aromatic heterocycles. The van der Waals surface area contributed by atoms with Crippen molar-refractivity contribution >= 4 is 11.9 Å². The summed E-state index contributed by atoms with van der Waals surface area (Å²) in [5.41, 5.74) is 1.69. The Morgan fingerprint density at radius 3 is 2.35 bits per heavy atom. The first-order valence-corrected chi connectivity index (χ1v) is 10.7. The number of nitrogens with zero attached hydrogens (tertiary/aromatic N) is 1. The predicted octanol–water partition coefficient (Wildman–Crippen LogP) is -0.620. The van der Waals surface area contributed by atoms with E-state index in [-0.39, 0.29) is 30.3 Å². The molecule has 2 aliphatic heterocycles. The van der Waals surface area contributed by atoms with Gasteiger partial charge in [-0.3, -0.25) is 4.79 Å². The zero-order valence-corrected chi connectivity index (χ0v) is 18.0. The third-order valence-corrected chi connectivity index (χ3v) is 6.05. The van der Waals surface area contributed by atoms with Gasteiger partial charge in [-0.05, 0) is 74.0 Å². The number of carbonyl (C=O) groups excluding carboxylic acids is 2. The van der Waals surface area contributed by atoms with Crippen LogP contribution >= 0.6 is 0 Å². The Kier molecular flexibility index (Phi) is 8.20. The van der Waals surface area contributed by atoms with Gasteiger partial charge in [0.1, 0.15) is 12.4 Å². The van der Waals surface area contributed by atoms with Gasteiger partial charge in [0.05, 0.1) is 5.97 Å². The van der Waals surface area contributed by atoms with Crippen LogP contribution in [0.2, 0.25) is 0 Å². The minimum Gasteiger partial charge on any atom is -0.545 e. The molecule has 7 heteroatoms. The van der Waals surface area contributed by atoms with Gasteiger partial charge in [0.25, 0.3) is 5.91 Å². The van der Waals surface area contributed by atoms with Crippen LogP contribution < -0.4 is 34.0 Å². The van der Waals surface area contributed by atoms with Crippen LogP contribution in [0.5, 0.6) is 5.75 Å². The topological polar surface area (TPSA) is 81.7 Å². The van der Waals surface area contributed by atoms with Gasteiger partial charge in [0, 0.05) is 24.2 Å². The first-order chi connectivity index (χ1) is 14.6. The number of amides is 1. The fraction of sp³-hybridized carbons (Fsp3) is 0.417. The van der Waals surface area contributed by atoms with E-state index in [1.54, 1.807) is 12.1 Å². The molecule has 2 aliphatic rings. The summed E-state index contributed by atoms with van der Waals surface area (Å²) >= 11 is 0. The Morgan fingerprint density at radius 1 is 1.00 bits per heavy atom. The Balaban J connectivity index is 0.00000272. The van der Waals surface area contributed by atoms with Crippen molar-refractivity contribution in [2.24, 2.45) is 0 Å². The van der Waals surface area contributed by atoms with E-state index in [4.69, 9.17) is 4.74 Å². The molecule has 0 aliphatic carbocycles. The van der Waals surface area contributed by atoms with Crippen molar-refractivity contribution in [3.63, 3.8) is 0 Å². The molecule has 2 fully saturated rings. The average molecular weight is 414 g/mol. The van der Waals surface area contributed by atoms with Crippen LogP contribution in [-0.2, 0) is 6.61 Å². The molecule has 2 aromatic carbocycles. The SMILES string of the molecule is O=C([O-])c1ccc(COc2ccc(C(=O)N3CCC[C@H]3CC3CCCN3)cc2)cc1.[Li+]. The minimum absolute atomic E-state index is 0. The van der Waals surface area contributed by atoms with E-state index in [0.717, 1.165) is 37.9 Å². The smallest absolute Gasteiger partial charge is 0.545 e. The van der Waals surface area contributed by atoms with Gasteiger partial charge in [-0.1, -0.05) is 24.3 Å². The molecule has 2 atom stereocenters. The quantitative estimate of drug-likeness (QED) is 0.611. The van der Waals surface area contributed by atoms with Crippen LogP contribution in [0, 0.1) is 0 Å². The first-order valence-electron chi connectivity index (χ1n) is 10.7. The Bertz CT molecular complexity index is 879. The van der Waals surface area contributed by atoms with Gasteiger partial charge in [-0.2, -0.15) is 0 Å². The molecule has 0 radical (unpaired) electrons. The predicted molar refractivity (Wildman–Crippen MR) is 111 cm³/mol. The van der Waals surface area contributed by atoms with Crippen LogP contribution in [0.3, 0.4) is 0 Å². The van der Waals surface area contributed by atoms with Gasteiger partial charge >= 0.3 is 18.9 Å². The summed E-state index contributed by atoms with van der Waals surface area (Å²) in [5.74, 6) is -0.425. The number of carboxylic acids is 1. The average Bonchev–Trinajstić information content (AvgIpc) is 3.45. The maximum absolute atomic E-state index is 13.0. The normalized spacial score (nSPS) is 20.3. The summed E-state index contributed by atoms with van der Waals surface area (Å²) in [6.45, 7) is 2.24. The zero-order valence-electron chi connectivity index (χ0n) is 18.0. The summed E-state index contributed by atoms with van der Waals surface area (Å²) < 4.78 is 5.77. The van der Waals surface area contributed by atoms with E-state index in [9.17, 15) is 14.7 Å². The molecule has 0 spiro atoms. The molecule has 2 saturated heterocycles. The molecule has 1 unspecified atom stereocenters. The van der Waals surface area contributed by atoms with E-state index in [2.05, 4.69) is 5.32 Å². The largest absolute Gasteiger partial charge is 1.00 e. The van der Waals surface area contributed by atoms with E-state index >= 15 is 0 Å². The molecular weight excluding hydrogens is 387 g/mol. The fourth-order valence-corrected chi connectivity index (χ4v) is 4.40. The van der Waals surface area contributed by atoms with Gasteiger partial charge in [-0.25, -0.2) is 0 Å². The summed E-state index contributed by atoms with van der Waals surface area (Å²) in [6, 6.07) is 14.5. The number of ether oxygens (including phenoxy) is 1. The number of benzene rings is 2. The van der Waals surface area contributed by atoms with Crippen LogP contribution in [0.25, 0.3) is 0 Å². The Hall–Kier alpha value is -2.26. The molecule has 2 heterocycles. The van der Waals surface area contributed by atoms with Crippen molar-refractivity contribution < 1.29 is 38.3 Å². The van der Waals surface area contributed by atoms with Crippen molar-refractivity contribution in [1.82, 2.24) is 10.2 Å². The Morgan fingerprint density at radius 2 is 1.71 bits per heavy atom. The van der Waals surface area contributed by atoms with E-state index < -0.39 is 5.97 Å². The molecule has 1 amide bonds. The van der Waals surface area contributed by atoms with Crippen molar-refractivity contribution in [3.8, 4) is 5.75 Å². The number of rotatable bonds is 7. The second-order valence-electron chi connectivity index (χ2n) is 8.12. The minimum atomic E-state index is -1.19. The van der Waals surface area contributed by atoms with Crippen molar-refractivity contribution in [2.45, 2.75) is 50.8 Å². The zero-order chi connectivity index (χ0) is 20.9. The molecule has 1 N–H and O–H groups in total.